The van der Waals surface area contributed by atoms with Crippen LogP contribution in [0.2, 0.25) is 5.02 Å². The molecule has 0 atom stereocenters. The van der Waals surface area contributed by atoms with Crippen molar-refractivity contribution in [1.82, 2.24) is 4.90 Å². The van der Waals surface area contributed by atoms with Crippen molar-refractivity contribution in [3.8, 4) is 6.07 Å². The molecule has 5 heteroatoms. The molecule has 0 aliphatic heterocycles. The second-order valence-electron chi connectivity index (χ2n) is 4.66. The van der Waals surface area contributed by atoms with Gasteiger partial charge < -0.3 is 10.2 Å². The molecule has 1 aromatic rings. The lowest BCUT2D eigenvalue weighted by molar-refractivity contribution is 0.206. The third-order valence-corrected chi connectivity index (χ3v) is 2.81. The number of benzene rings is 1. The molecule has 0 aliphatic rings. The first kappa shape index (κ1) is 15.3. The fourth-order valence-electron chi connectivity index (χ4n) is 1.66. The van der Waals surface area contributed by atoms with E-state index >= 15 is 0 Å². The first-order valence-corrected chi connectivity index (χ1v) is 6.59. The summed E-state index contributed by atoms with van der Waals surface area (Å²) in [6.45, 7) is 5.09. The molecule has 102 valence electrons. The molecule has 0 bridgehead atoms. The zero-order valence-electron chi connectivity index (χ0n) is 11.2. The maximum absolute atomic E-state index is 12.2. The minimum absolute atomic E-state index is 0.225. The predicted octanol–water partition coefficient (Wildman–Crippen LogP) is 3.74. The number of hydrogen-bond acceptors (Lipinski definition) is 2. The minimum Gasteiger partial charge on any atom is -0.323 e. The number of halogens is 1. The highest BCUT2D eigenvalue weighted by atomic mass is 35.5. The predicted molar refractivity (Wildman–Crippen MR) is 77.1 cm³/mol. The van der Waals surface area contributed by atoms with Gasteiger partial charge in [-0.25, -0.2) is 4.79 Å². The van der Waals surface area contributed by atoms with E-state index in [1.807, 2.05) is 19.9 Å². The summed E-state index contributed by atoms with van der Waals surface area (Å²) in [4.78, 5) is 13.8. The van der Waals surface area contributed by atoms with Gasteiger partial charge in [-0.15, -0.1) is 0 Å². The van der Waals surface area contributed by atoms with E-state index in [1.165, 1.54) is 0 Å². The summed E-state index contributed by atoms with van der Waals surface area (Å²) >= 11 is 6.00. The molecule has 1 N–H and O–H groups in total. The Morgan fingerprint density at radius 3 is 2.74 bits per heavy atom. The highest BCUT2D eigenvalue weighted by Gasteiger charge is 2.15. The lowest BCUT2D eigenvalue weighted by Gasteiger charge is -2.24. The summed E-state index contributed by atoms with van der Waals surface area (Å²) in [5, 5.41) is 11.9. The Bertz CT molecular complexity index is 468. The second kappa shape index (κ2) is 7.65. The molecule has 4 nitrogen and oxygen atoms in total. The van der Waals surface area contributed by atoms with Gasteiger partial charge in [0.1, 0.15) is 0 Å². The summed E-state index contributed by atoms with van der Waals surface area (Å²) in [6.07, 6.45) is 0.322. The Hall–Kier alpha value is -1.73. The molecule has 0 aromatic heterocycles. The maximum Gasteiger partial charge on any atom is 0.321 e. The highest BCUT2D eigenvalue weighted by Crippen LogP contribution is 2.20. The zero-order chi connectivity index (χ0) is 14.3. The van der Waals surface area contributed by atoms with Crippen LogP contribution in [-0.2, 0) is 0 Å². The lowest BCUT2D eigenvalue weighted by Crippen LogP contribution is -2.38. The van der Waals surface area contributed by atoms with Crippen molar-refractivity contribution in [1.29, 1.82) is 5.26 Å². The van der Waals surface area contributed by atoms with E-state index in [9.17, 15) is 4.79 Å². The third-order valence-electron chi connectivity index (χ3n) is 2.48. The van der Waals surface area contributed by atoms with Gasteiger partial charge in [0.15, 0.2) is 0 Å². The van der Waals surface area contributed by atoms with E-state index < -0.39 is 0 Å². The summed E-state index contributed by atoms with van der Waals surface area (Å²) in [6, 6.07) is 8.91. The Balaban J connectivity index is 2.71. The van der Waals surface area contributed by atoms with E-state index in [4.69, 9.17) is 16.9 Å². The number of carbonyl (C=O) groups is 1. The fraction of sp³-hybridized carbons (Fsp3) is 0.429. The topological polar surface area (TPSA) is 56.1 Å². The van der Waals surface area contributed by atoms with Gasteiger partial charge in [-0.1, -0.05) is 37.6 Å². The molecule has 0 saturated carbocycles. The van der Waals surface area contributed by atoms with Crippen LogP contribution >= 0.6 is 11.6 Å². The molecule has 1 aromatic carbocycles. The normalized spacial score (nSPS) is 10.1. The molecule has 0 radical (unpaired) electrons. The van der Waals surface area contributed by atoms with E-state index in [0.29, 0.717) is 36.1 Å². The molecule has 0 unspecified atom stereocenters. The third kappa shape index (κ3) is 5.19. The average Bonchev–Trinajstić information content (AvgIpc) is 2.36. The number of anilines is 1. The summed E-state index contributed by atoms with van der Waals surface area (Å²) in [7, 11) is 0. The van der Waals surface area contributed by atoms with Gasteiger partial charge in [-0.05, 0) is 18.1 Å². The van der Waals surface area contributed by atoms with Crippen LogP contribution in [-0.4, -0.2) is 24.0 Å². The fourth-order valence-corrected chi connectivity index (χ4v) is 1.84. The first-order chi connectivity index (χ1) is 9.04. The van der Waals surface area contributed by atoms with E-state index in [0.717, 1.165) is 0 Å². The number of amides is 2. The number of nitrogens with one attached hydrogen (secondary N) is 1. The van der Waals surface area contributed by atoms with E-state index in [2.05, 4.69) is 11.4 Å². The number of para-hydroxylation sites is 1. The largest absolute Gasteiger partial charge is 0.323 e. The van der Waals surface area contributed by atoms with Crippen molar-refractivity contribution in [2.45, 2.75) is 20.3 Å². The van der Waals surface area contributed by atoms with Crippen molar-refractivity contribution in [3.05, 3.63) is 29.3 Å². The Morgan fingerprint density at radius 2 is 2.16 bits per heavy atom. The van der Waals surface area contributed by atoms with Crippen LogP contribution in [0.3, 0.4) is 0 Å². The monoisotopic (exact) mass is 279 g/mol. The summed E-state index contributed by atoms with van der Waals surface area (Å²) < 4.78 is 0. The van der Waals surface area contributed by atoms with Crippen LogP contribution < -0.4 is 5.32 Å². The quantitative estimate of drug-likeness (QED) is 0.892. The van der Waals surface area contributed by atoms with Crippen molar-refractivity contribution in [2.75, 3.05) is 18.4 Å². The molecule has 0 saturated heterocycles. The number of rotatable bonds is 5. The van der Waals surface area contributed by atoms with Crippen LogP contribution in [0.15, 0.2) is 24.3 Å². The average molecular weight is 280 g/mol. The van der Waals surface area contributed by atoms with Crippen molar-refractivity contribution >= 4 is 23.3 Å². The lowest BCUT2D eigenvalue weighted by atomic mass is 10.2. The number of hydrogen-bond donors (Lipinski definition) is 1. The van der Waals surface area contributed by atoms with E-state index in [-0.39, 0.29) is 6.03 Å². The standard InChI is InChI=1S/C14H18ClN3O/c1-11(2)10-18(9-5-8-16)14(19)17-13-7-4-3-6-12(13)15/h3-4,6-7,11H,5,9-10H2,1-2H3,(H,17,19). The van der Waals surface area contributed by atoms with E-state index in [1.54, 1.807) is 23.1 Å². The van der Waals surface area contributed by atoms with Crippen LogP contribution in [0, 0.1) is 17.2 Å². The van der Waals surface area contributed by atoms with Gasteiger partial charge >= 0.3 is 6.03 Å². The summed E-state index contributed by atoms with van der Waals surface area (Å²) in [5.74, 6) is 0.343. The molecule has 0 fully saturated rings. The molecule has 19 heavy (non-hydrogen) atoms. The SMILES string of the molecule is CC(C)CN(CCC#N)C(=O)Nc1ccccc1Cl. The maximum atomic E-state index is 12.2. The second-order valence-corrected chi connectivity index (χ2v) is 5.07. The first-order valence-electron chi connectivity index (χ1n) is 6.22. The van der Waals surface area contributed by atoms with Gasteiger partial charge in [-0.3, -0.25) is 0 Å². The van der Waals surface area contributed by atoms with Crippen LogP contribution in [0.4, 0.5) is 10.5 Å². The Kier molecular flexibility index (Phi) is 6.17. The Labute approximate surface area is 119 Å². The molecule has 2 amide bonds. The molecular formula is C14H18ClN3O. The number of carbonyl (C=O) groups excluding carboxylic acids is 1. The van der Waals surface area contributed by atoms with Crippen molar-refractivity contribution in [3.63, 3.8) is 0 Å². The van der Waals surface area contributed by atoms with Crippen molar-refractivity contribution < 1.29 is 4.79 Å². The van der Waals surface area contributed by atoms with Crippen LogP contribution in [0.25, 0.3) is 0 Å². The molecule has 0 heterocycles. The van der Waals surface area contributed by atoms with Gasteiger partial charge in [0, 0.05) is 13.1 Å². The highest BCUT2D eigenvalue weighted by molar-refractivity contribution is 6.33. The van der Waals surface area contributed by atoms with Gasteiger partial charge in [0.2, 0.25) is 0 Å². The molecule has 0 spiro atoms. The smallest absolute Gasteiger partial charge is 0.321 e. The molecule has 0 aliphatic carbocycles. The number of nitriles is 1. The summed E-state index contributed by atoms with van der Waals surface area (Å²) in [5.41, 5.74) is 0.583. The van der Waals surface area contributed by atoms with Crippen LogP contribution in [0.5, 0.6) is 0 Å². The molecular weight excluding hydrogens is 262 g/mol. The number of urea groups is 1. The minimum atomic E-state index is -0.225. The number of nitrogens with zero attached hydrogens (tertiary/aromatic N) is 2. The van der Waals surface area contributed by atoms with Crippen LogP contribution in [0.1, 0.15) is 20.3 Å². The molecule has 1 rings (SSSR count). The zero-order valence-corrected chi connectivity index (χ0v) is 11.9. The van der Waals surface area contributed by atoms with Gasteiger partial charge in [0.05, 0.1) is 23.2 Å². The van der Waals surface area contributed by atoms with Crippen molar-refractivity contribution in [2.24, 2.45) is 5.92 Å². The Morgan fingerprint density at radius 1 is 1.47 bits per heavy atom. The van der Waals surface area contributed by atoms with Gasteiger partial charge in [0.25, 0.3) is 0 Å². The van der Waals surface area contributed by atoms with Gasteiger partial charge in [-0.2, -0.15) is 5.26 Å².